The van der Waals surface area contributed by atoms with Crippen LogP contribution in [0.5, 0.6) is 5.75 Å². The average molecular weight is 396 g/mol. The van der Waals surface area contributed by atoms with Gasteiger partial charge in [0.05, 0.1) is 7.11 Å². The number of nitrogens with zero attached hydrogens (tertiary/aromatic N) is 2. The van der Waals surface area contributed by atoms with E-state index in [1.54, 1.807) is 31.6 Å². The number of rotatable bonds is 5. The molecule has 1 aliphatic heterocycles. The van der Waals surface area contributed by atoms with Crippen molar-refractivity contribution >= 4 is 17.6 Å². The van der Waals surface area contributed by atoms with Crippen molar-refractivity contribution in [2.75, 3.05) is 25.5 Å². The van der Waals surface area contributed by atoms with Crippen LogP contribution in [0.15, 0.2) is 42.7 Å². The molecular formula is C22H28N4O3. The summed E-state index contributed by atoms with van der Waals surface area (Å²) in [6.07, 6.45) is 4.68. The maximum atomic E-state index is 12.5. The molecule has 0 saturated carbocycles. The van der Waals surface area contributed by atoms with Crippen molar-refractivity contribution < 1.29 is 14.3 Å². The molecule has 2 heterocycles. The first kappa shape index (κ1) is 20.6. The monoisotopic (exact) mass is 396 g/mol. The van der Waals surface area contributed by atoms with Gasteiger partial charge in [-0.05, 0) is 42.5 Å². The standard InChI is InChI=1S/C22H28N4O3/c1-15(2)19-5-4-18(14-20(19)29-3)25-22(28)24-17-8-12-26(13-9-17)21(27)16-6-10-23-11-7-16/h4-7,10-11,14-15,17H,8-9,12-13H2,1-3H3,(H2,24,25,28). The molecule has 0 radical (unpaired) electrons. The van der Waals surface area contributed by atoms with Crippen molar-refractivity contribution in [3.05, 3.63) is 53.9 Å². The van der Waals surface area contributed by atoms with Crippen molar-refractivity contribution in [1.29, 1.82) is 0 Å². The predicted molar refractivity (Wildman–Crippen MR) is 112 cm³/mol. The van der Waals surface area contributed by atoms with Crippen molar-refractivity contribution in [2.45, 2.75) is 38.6 Å². The van der Waals surface area contributed by atoms with Crippen LogP contribution in [0.3, 0.4) is 0 Å². The van der Waals surface area contributed by atoms with Gasteiger partial charge in [0.25, 0.3) is 5.91 Å². The molecule has 154 valence electrons. The summed E-state index contributed by atoms with van der Waals surface area (Å²) in [6, 6.07) is 8.93. The quantitative estimate of drug-likeness (QED) is 0.808. The first-order valence-corrected chi connectivity index (χ1v) is 9.92. The minimum Gasteiger partial charge on any atom is -0.496 e. The van der Waals surface area contributed by atoms with Crippen molar-refractivity contribution in [3.63, 3.8) is 0 Å². The molecule has 7 nitrogen and oxygen atoms in total. The van der Waals surface area contributed by atoms with E-state index in [0.717, 1.165) is 24.2 Å². The minimum atomic E-state index is -0.247. The number of anilines is 1. The van der Waals surface area contributed by atoms with Crippen molar-refractivity contribution in [1.82, 2.24) is 15.2 Å². The van der Waals surface area contributed by atoms with Gasteiger partial charge >= 0.3 is 6.03 Å². The number of methoxy groups -OCH3 is 1. The Hall–Kier alpha value is -3.09. The summed E-state index contributed by atoms with van der Waals surface area (Å²) >= 11 is 0. The van der Waals surface area contributed by atoms with E-state index in [4.69, 9.17) is 4.74 Å². The van der Waals surface area contributed by atoms with Gasteiger partial charge in [-0.15, -0.1) is 0 Å². The van der Waals surface area contributed by atoms with Crippen LogP contribution in [0, 0.1) is 0 Å². The van der Waals surface area contributed by atoms with Gasteiger partial charge in [0, 0.05) is 48.8 Å². The molecule has 1 aliphatic rings. The molecule has 0 unspecified atom stereocenters. The van der Waals surface area contributed by atoms with Crippen LogP contribution in [-0.2, 0) is 0 Å². The van der Waals surface area contributed by atoms with E-state index in [9.17, 15) is 9.59 Å². The van der Waals surface area contributed by atoms with Gasteiger partial charge in [0.15, 0.2) is 0 Å². The molecule has 7 heteroatoms. The number of hydrogen-bond donors (Lipinski definition) is 2. The fourth-order valence-corrected chi connectivity index (χ4v) is 3.52. The number of piperidine rings is 1. The van der Waals surface area contributed by atoms with Crippen LogP contribution in [0.25, 0.3) is 0 Å². The Labute approximate surface area is 171 Å². The van der Waals surface area contributed by atoms with E-state index >= 15 is 0 Å². The fourth-order valence-electron chi connectivity index (χ4n) is 3.52. The number of benzene rings is 1. The highest BCUT2D eigenvalue weighted by Gasteiger charge is 2.24. The third-order valence-corrected chi connectivity index (χ3v) is 5.16. The normalized spacial score (nSPS) is 14.6. The van der Waals surface area contributed by atoms with E-state index in [0.29, 0.717) is 30.3 Å². The second-order valence-corrected chi connectivity index (χ2v) is 7.51. The molecule has 2 aromatic rings. The molecule has 1 saturated heterocycles. The molecule has 0 spiro atoms. The number of nitrogens with one attached hydrogen (secondary N) is 2. The number of hydrogen-bond acceptors (Lipinski definition) is 4. The van der Waals surface area contributed by atoms with Gasteiger partial charge in [0.2, 0.25) is 0 Å². The molecule has 1 aromatic heterocycles. The summed E-state index contributed by atoms with van der Waals surface area (Å²) < 4.78 is 5.44. The Morgan fingerprint density at radius 3 is 2.45 bits per heavy atom. The maximum Gasteiger partial charge on any atom is 0.319 e. The number of carbonyl (C=O) groups is 2. The lowest BCUT2D eigenvalue weighted by molar-refractivity contribution is 0.0708. The highest BCUT2D eigenvalue weighted by molar-refractivity contribution is 5.94. The highest BCUT2D eigenvalue weighted by Crippen LogP contribution is 2.29. The largest absolute Gasteiger partial charge is 0.496 e. The van der Waals surface area contributed by atoms with Gasteiger partial charge in [-0.1, -0.05) is 19.9 Å². The van der Waals surface area contributed by atoms with E-state index in [1.165, 1.54) is 0 Å². The number of urea groups is 1. The number of carbonyl (C=O) groups excluding carboxylic acids is 2. The number of amides is 3. The summed E-state index contributed by atoms with van der Waals surface area (Å²) in [4.78, 5) is 30.6. The molecule has 3 rings (SSSR count). The molecule has 0 atom stereocenters. The van der Waals surface area contributed by atoms with Crippen LogP contribution in [0.2, 0.25) is 0 Å². The molecule has 3 amide bonds. The van der Waals surface area contributed by atoms with Gasteiger partial charge in [-0.3, -0.25) is 9.78 Å². The molecule has 0 bridgehead atoms. The van der Waals surface area contributed by atoms with Gasteiger partial charge in [-0.2, -0.15) is 0 Å². The van der Waals surface area contributed by atoms with Crippen LogP contribution >= 0.6 is 0 Å². The third-order valence-electron chi connectivity index (χ3n) is 5.16. The second kappa shape index (κ2) is 9.41. The second-order valence-electron chi connectivity index (χ2n) is 7.51. The molecule has 0 aliphatic carbocycles. The van der Waals surface area contributed by atoms with E-state index in [1.807, 2.05) is 23.1 Å². The molecule has 29 heavy (non-hydrogen) atoms. The maximum absolute atomic E-state index is 12.5. The van der Waals surface area contributed by atoms with Crippen LogP contribution in [0.1, 0.15) is 48.5 Å². The van der Waals surface area contributed by atoms with Crippen molar-refractivity contribution in [3.8, 4) is 5.75 Å². The Bertz CT molecular complexity index is 846. The number of ether oxygens (including phenoxy) is 1. The van der Waals surface area contributed by atoms with Crippen LogP contribution < -0.4 is 15.4 Å². The number of pyridine rings is 1. The molecular weight excluding hydrogens is 368 g/mol. The zero-order valence-electron chi connectivity index (χ0n) is 17.1. The Balaban J connectivity index is 1.50. The van der Waals surface area contributed by atoms with Gasteiger partial charge in [0.1, 0.15) is 5.75 Å². The van der Waals surface area contributed by atoms with E-state index in [2.05, 4.69) is 29.5 Å². The van der Waals surface area contributed by atoms with Crippen molar-refractivity contribution in [2.24, 2.45) is 0 Å². The Kier molecular flexibility index (Phi) is 6.69. The molecule has 1 fully saturated rings. The fraction of sp³-hybridized carbons (Fsp3) is 0.409. The zero-order chi connectivity index (χ0) is 20.8. The lowest BCUT2D eigenvalue weighted by Gasteiger charge is -2.32. The Morgan fingerprint density at radius 1 is 1.14 bits per heavy atom. The summed E-state index contributed by atoms with van der Waals surface area (Å²) in [5, 5.41) is 5.87. The third kappa shape index (κ3) is 5.25. The minimum absolute atomic E-state index is 0.00707. The zero-order valence-corrected chi connectivity index (χ0v) is 17.1. The summed E-state index contributed by atoms with van der Waals surface area (Å²) in [5.74, 6) is 1.11. The van der Waals surface area contributed by atoms with Gasteiger partial charge < -0.3 is 20.3 Å². The van der Waals surface area contributed by atoms with E-state index < -0.39 is 0 Å². The van der Waals surface area contributed by atoms with Crippen LogP contribution in [-0.4, -0.2) is 48.1 Å². The highest BCUT2D eigenvalue weighted by atomic mass is 16.5. The number of aromatic nitrogens is 1. The summed E-state index contributed by atoms with van der Waals surface area (Å²) in [5.41, 5.74) is 2.43. The molecule has 2 N–H and O–H groups in total. The lowest BCUT2D eigenvalue weighted by Crippen LogP contribution is -2.47. The Morgan fingerprint density at radius 2 is 1.83 bits per heavy atom. The lowest BCUT2D eigenvalue weighted by atomic mass is 10.0. The summed E-state index contributed by atoms with van der Waals surface area (Å²) in [6.45, 7) is 5.43. The first-order chi connectivity index (χ1) is 14.0. The summed E-state index contributed by atoms with van der Waals surface area (Å²) in [7, 11) is 1.63. The number of likely N-dealkylation sites (tertiary alicyclic amines) is 1. The first-order valence-electron chi connectivity index (χ1n) is 9.92. The SMILES string of the molecule is COc1cc(NC(=O)NC2CCN(C(=O)c3ccncc3)CC2)ccc1C(C)C. The average Bonchev–Trinajstić information content (AvgIpc) is 2.74. The van der Waals surface area contributed by atoms with Crippen LogP contribution in [0.4, 0.5) is 10.5 Å². The topological polar surface area (TPSA) is 83.6 Å². The molecule has 1 aromatic carbocycles. The van der Waals surface area contributed by atoms with Gasteiger partial charge in [-0.25, -0.2) is 4.79 Å². The van der Waals surface area contributed by atoms with E-state index in [-0.39, 0.29) is 18.0 Å². The smallest absolute Gasteiger partial charge is 0.319 e. The predicted octanol–water partition coefficient (Wildman–Crippen LogP) is 3.64.